The minimum Gasteiger partial charge on any atom is -0.486 e. The molecule has 0 spiro atoms. The topological polar surface area (TPSA) is 93.7 Å². The Balaban J connectivity index is 1.34. The lowest BCUT2D eigenvalue weighted by atomic mass is 9.97. The van der Waals surface area contributed by atoms with Crippen molar-refractivity contribution in [3.05, 3.63) is 68.9 Å². The average molecular weight is 519 g/mol. The second kappa shape index (κ2) is 10.2. The van der Waals surface area contributed by atoms with Gasteiger partial charge in [-0.25, -0.2) is 9.18 Å². The molecule has 0 fully saturated rings. The van der Waals surface area contributed by atoms with Crippen LogP contribution in [0.3, 0.4) is 0 Å². The Hall–Kier alpha value is -3.24. The van der Waals surface area contributed by atoms with Crippen molar-refractivity contribution in [1.29, 1.82) is 0 Å². The summed E-state index contributed by atoms with van der Waals surface area (Å²) in [4.78, 5) is 26.8. The lowest BCUT2D eigenvalue weighted by Gasteiger charge is -2.31. The molecule has 3 aromatic rings. The van der Waals surface area contributed by atoms with Crippen molar-refractivity contribution in [2.45, 2.75) is 45.9 Å². The lowest BCUT2D eigenvalue weighted by molar-refractivity contribution is 0.0224. The van der Waals surface area contributed by atoms with E-state index in [1.807, 2.05) is 32.9 Å². The van der Waals surface area contributed by atoms with Crippen molar-refractivity contribution >= 4 is 40.1 Å². The fourth-order valence-corrected chi connectivity index (χ4v) is 4.33. The third-order valence-electron chi connectivity index (χ3n) is 5.02. The van der Waals surface area contributed by atoms with Gasteiger partial charge in [0, 0.05) is 29.7 Å². The highest BCUT2D eigenvalue weighted by atomic mass is 35.5. The molecule has 2 heterocycles. The van der Waals surface area contributed by atoms with Crippen molar-refractivity contribution in [3.8, 4) is 5.75 Å². The van der Waals surface area contributed by atoms with Crippen LogP contribution in [0.1, 0.15) is 47.3 Å². The highest BCUT2D eigenvalue weighted by Crippen LogP contribution is 2.25. The molecule has 1 aliphatic rings. The van der Waals surface area contributed by atoms with E-state index in [1.54, 1.807) is 11.0 Å². The van der Waals surface area contributed by atoms with Gasteiger partial charge < -0.3 is 14.4 Å². The number of hydrogen-bond acceptors (Lipinski definition) is 7. The van der Waals surface area contributed by atoms with Gasteiger partial charge >= 0.3 is 6.09 Å². The van der Waals surface area contributed by atoms with Crippen LogP contribution in [0.5, 0.6) is 5.75 Å². The first kappa shape index (κ1) is 24.9. The summed E-state index contributed by atoms with van der Waals surface area (Å²) in [6.07, 6.45) is 0.279. The van der Waals surface area contributed by atoms with Gasteiger partial charge in [-0.1, -0.05) is 29.0 Å². The Morgan fingerprint density at radius 3 is 2.71 bits per heavy atom. The molecule has 11 heteroatoms. The van der Waals surface area contributed by atoms with Gasteiger partial charge in [-0.15, -0.1) is 10.2 Å². The van der Waals surface area contributed by atoms with E-state index in [4.69, 9.17) is 21.1 Å². The summed E-state index contributed by atoms with van der Waals surface area (Å²) in [6, 6.07) is 9.30. The second-order valence-electron chi connectivity index (χ2n) is 8.98. The molecule has 8 nitrogen and oxygen atoms in total. The molecule has 2 amide bonds. The van der Waals surface area contributed by atoms with E-state index in [-0.39, 0.29) is 29.4 Å². The molecule has 0 bridgehead atoms. The summed E-state index contributed by atoms with van der Waals surface area (Å²) < 4.78 is 24.4. The maximum atomic E-state index is 13.4. The first-order valence-corrected chi connectivity index (χ1v) is 12.1. The Morgan fingerprint density at radius 2 is 1.97 bits per heavy atom. The van der Waals surface area contributed by atoms with E-state index in [9.17, 15) is 14.0 Å². The van der Waals surface area contributed by atoms with Gasteiger partial charge in [0.2, 0.25) is 5.13 Å². The zero-order valence-electron chi connectivity index (χ0n) is 19.4. The number of anilines is 1. The number of amides is 2. The molecule has 1 aliphatic heterocycles. The Bertz CT molecular complexity index is 1240. The van der Waals surface area contributed by atoms with Crippen molar-refractivity contribution in [2.24, 2.45) is 0 Å². The summed E-state index contributed by atoms with van der Waals surface area (Å²) in [5, 5.41) is 11.8. The number of benzene rings is 2. The highest BCUT2D eigenvalue weighted by molar-refractivity contribution is 7.15. The van der Waals surface area contributed by atoms with E-state index >= 15 is 0 Å². The zero-order valence-corrected chi connectivity index (χ0v) is 21.0. The van der Waals surface area contributed by atoms with Crippen LogP contribution in [0.2, 0.25) is 5.02 Å². The third-order valence-corrected chi connectivity index (χ3v) is 6.05. The van der Waals surface area contributed by atoms with Gasteiger partial charge in [-0.05, 0) is 62.6 Å². The van der Waals surface area contributed by atoms with E-state index in [0.717, 1.165) is 22.5 Å². The standard InChI is InChI=1S/C24H24ClFN4O4S/c1-24(2,3)34-23(32)30-7-6-14-8-15(4-5-16(14)12-30)21(31)27-22-29-28-20(35-22)13-33-19-10-17(25)9-18(26)11-19/h4-5,8-11H,6-7,12-13H2,1-3H3,(H,27,29,31). The largest absolute Gasteiger partial charge is 0.486 e. The molecule has 1 aromatic heterocycles. The molecule has 0 atom stereocenters. The number of carbonyl (C=O) groups is 2. The smallest absolute Gasteiger partial charge is 0.410 e. The third kappa shape index (κ3) is 6.67. The van der Waals surface area contributed by atoms with E-state index in [2.05, 4.69) is 15.5 Å². The minimum absolute atomic E-state index is 0.0559. The number of hydrogen-bond donors (Lipinski definition) is 1. The number of fused-ring (bicyclic) bond motifs is 1. The number of nitrogens with one attached hydrogen (secondary N) is 1. The molecule has 35 heavy (non-hydrogen) atoms. The summed E-state index contributed by atoms with van der Waals surface area (Å²) >= 11 is 6.98. The summed E-state index contributed by atoms with van der Waals surface area (Å²) in [5.41, 5.74) is 1.92. The Labute approximate surface area is 211 Å². The van der Waals surface area contributed by atoms with Crippen LogP contribution >= 0.6 is 22.9 Å². The van der Waals surface area contributed by atoms with E-state index in [0.29, 0.717) is 35.2 Å². The van der Waals surface area contributed by atoms with Gasteiger partial charge in [0.05, 0.1) is 0 Å². The number of halogens is 2. The van der Waals surface area contributed by atoms with Gasteiger partial charge in [0.15, 0.2) is 5.01 Å². The van der Waals surface area contributed by atoms with Crippen LogP contribution in [0.4, 0.5) is 14.3 Å². The number of aromatic nitrogens is 2. The first-order chi connectivity index (χ1) is 16.6. The number of carbonyl (C=O) groups excluding carboxylic acids is 2. The Kier molecular flexibility index (Phi) is 7.23. The average Bonchev–Trinajstić information content (AvgIpc) is 3.22. The molecule has 0 unspecified atom stereocenters. The summed E-state index contributed by atoms with van der Waals surface area (Å²) in [5.74, 6) is -0.543. The molecule has 1 N–H and O–H groups in total. The van der Waals surface area contributed by atoms with Crippen molar-refractivity contribution in [2.75, 3.05) is 11.9 Å². The number of nitrogens with zero attached hydrogens (tertiary/aromatic N) is 3. The lowest BCUT2D eigenvalue weighted by Crippen LogP contribution is -2.39. The fourth-order valence-electron chi connectivity index (χ4n) is 3.47. The number of rotatable bonds is 5. The monoisotopic (exact) mass is 518 g/mol. The molecule has 0 aliphatic carbocycles. The van der Waals surface area contributed by atoms with Crippen LogP contribution < -0.4 is 10.1 Å². The van der Waals surface area contributed by atoms with Crippen LogP contribution in [-0.4, -0.2) is 39.2 Å². The summed E-state index contributed by atoms with van der Waals surface area (Å²) in [6.45, 7) is 6.51. The highest BCUT2D eigenvalue weighted by Gasteiger charge is 2.26. The van der Waals surface area contributed by atoms with Crippen molar-refractivity contribution in [1.82, 2.24) is 15.1 Å². The second-order valence-corrected chi connectivity index (χ2v) is 10.5. The van der Waals surface area contributed by atoms with Gasteiger partial charge in [-0.3, -0.25) is 10.1 Å². The maximum absolute atomic E-state index is 13.4. The van der Waals surface area contributed by atoms with Crippen LogP contribution in [0.15, 0.2) is 36.4 Å². The van der Waals surface area contributed by atoms with Crippen LogP contribution in [0.25, 0.3) is 0 Å². The van der Waals surface area contributed by atoms with E-state index < -0.39 is 11.4 Å². The first-order valence-electron chi connectivity index (χ1n) is 10.9. The van der Waals surface area contributed by atoms with Crippen molar-refractivity contribution < 1.29 is 23.5 Å². The molecule has 0 radical (unpaired) electrons. The molecule has 4 rings (SSSR count). The maximum Gasteiger partial charge on any atom is 0.410 e. The SMILES string of the molecule is CC(C)(C)OC(=O)N1CCc2cc(C(=O)Nc3nnc(COc4cc(F)cc(Cl)c4)s3)ccc2C1. The molecular formula is C24H24ClFN4O4S. The zero-order chi connectivity index (χ0) is 25.2. The van der Waals surface area contributed by atoms with Gasteiger partial charge in [-0.2, -0.15) is 0 Å². The molecule has 0 saturated carbocycles. The summed E-state index contributed by atoms with van der Waals surface area (Å²) in [7, 11) is 0. The van der Waals surface area contributed by atoms with E-state index in [1.165, 1.54) is 18.2 Å². The van der Waals surface area contributed by atoms with Crippen LogP contribution in [-0.2, 0) is 24.3 Å². The predicted octanol–water partition coefficient (Wildman–Crippen LogP) is 5.46. The fraction of sp³-hybridized carbons (Fsp3) is 0.333. The molecule has 2 aromatic carbocycles. The quantitative estimate of drug-likeness (QED) is 0.482. The number of ether oxygens (including phenoxy) is 2. The molecule has 0 saturated heterocycles. The van der Waals surface area contributed by atoms with Gasteiger partial charge in [0.1, 0.15) is 23.8 Å². The molecule has 184 valence electrons. The van der Waals surface area contributed by atoms with Crippen LogP contribution in [0, 0.1) is 5.82 Å². The van der Waals surface area contributed by atoms with Gasteiger partial charge in [0.25, 0.3) is 5.91 Å². The van der Waals surface area contributed by atoms with Crippen molar-refractivity contribution in [3.63, 3.8) is 0 Å². The minimum atomic E-state index is -0.552. The molecular weight excluding hydrogens is 495 g/mol. The predicted molar refractivity (Wildman–Crippen MR) is 130 cm³/mol. The normalized spacial score (nSPS) is 13.2. The Morgan fingerprint density at radius 1 is 1.17 bits per heavy atom.